The van der Waals surface area contributed by atoms with E-state index in [1.165, 1.54) is 0 Å². The van der Waals surface area contributed by atoms with Crippen molar-refractivity contribution >= 4 is 10.8 Å². The first-order valence-corrected chi connectivity index (χ1v) is 8.67. The summed E-state index contributed by atoms with van der Waals surface area (Å²) in [6.07, 6.45) is 1.65. The first kappa shape index (κ1) is 17.3. The molecule has 1 heterocycles. The molecular formula is C21H21NO5. The summed E-state index contributed by atoms with van der Waals surface area (Å²) in [5, 5.41) is 1.47. The highest BCUT2D eigenvalue weighted by Crippen LogP contribution is 2.42. The number of hydrogen-bond donors (Lipinski definition) is 1. The Bertz CT molecular complexity index is 1100. The number of ether oxygens (including phenoxy) is 4. The molecule has 0 spiro atoms. The molecule has 6 heteroatoms. The molecule has 0 aliphatic heterocycles. The van der Waals surface area contributed by atoms with Gasteiger partial charge in [0, 0.05) is 5.56 Å². The van der Waals surface area contributed by atoms with E-state index in [0.717, 1.165) is 40.6 Å². The first-order chi connectivity index (χ1) is 13.1. The van der Waals surface area contributed by atoms with Crippen molar-refractivity contribution < 1.29 is 18.9 Å². The SMILES string of the molecule is COc1cc2c(cc1OC)-c1[nH]c(=O)c3cc(OC)c(OC)cc3c1CC2. The molecule has 140 valence electrons. The minimum Gasteiger partial charge on any atom is -0.493 e. The summed E-state index contributed by atoms with van der Waals surface area (Å²) < 4.78 is 21.6. The largest absolute Gasteiger partial charge is 0.493 e. The zero-order valence-electron chi connectivity index (χ0n) is 15.8. The van der Waals surface area contributed by atoms with Gasteiger partial charge < -0.3 is 23.9 Å². The number of pyridine rings is 1. The van der Waals surface area contributed by atoms with Crippen molar-refractivity contribution in [3.8, 4) is 34.3 Å². The molecule has 1 N–H and O–H groups in total. The van der Waals surface area contributed by atoms with E-state index in [9.17, 15) is 4.79 Å². The molecule has 2 aromatic carbocycles. The second-order valence-electron chi connectivity index (χ2n) is 6.42. The molecule has 1 aliphatic rings. The highest BCUT2D eigenvalue weighted by molar-refractivity contribution is 5.93. The van der Waals surface area contributed by atoms with Crippen LogP contribution in [0, 0.1) is 0 Å². The minimum absolute atomic E-state index is 0.160. The van der Waals surface area contributed by atoms with Gasteiger partial charge in [-0.1, -0.05) is 0 Å². The van der Waals surface area contributed by atoms with E-state index < -0.39 is 0 Å². The van der Waals surface area contributed by atoms with Gasteiger partial charge in [0.05, 0.1) is 39.5 Å². The van der Waals surface area contributed by atoms with E-state index in [-0.39, 0.29) is 5.56 Å². The van der Waals surface area contributed by atoms with E-state index in [1.54, 1.807) is 34.5 Å². The smallest absolute Gasteiger partial charge is 0.256 e. The van der Waals surface area contributed by atoms with Gasteiger partial charge in [0.15, 0.2) is 23.0 Å². The van der Waals surface area contributed by atoms with E-state index in [4.69, 9.17) is 18.9 Å². The maximum atomic E-state index is 12.8. The molecule has 0 saturated carbocycles. The molecule has 1 aliphatic carbocycles. The fourth-order valence-corrected chi connectivity index (χ4v) is 3.82. The Hall–Kier alpha value is -3.15. The Morgan fingerprint density at radius 2 is 1.30 bits per heavy atom. The number of aromatic nitrogens is 1. The van der Waals surface area contributed by atoms with Crippen LogP contribution in [0.25, 0.3) is 22.0 Å². The molecule has 4 rings (SSSR count). The van der Waals surface area contributed by atoms with Crippen LogP contribution in [0.5, 0.6) is 23.0 Å². The summed E-state index contributed by atoms with van der Waals surface area (Å²) in [6.45, 7) is 0. The maximum Gasteiger partial charge on any atom is 0.256 e. The first-order valence-electron chi connectivity index (χ1n) is 8.67. The van der Waals surface area contributed by atoms with Crippen LogP contribution in [-0.2, 0) is 12.8 Å². The lowest BCUT2D eigenvalue weighted by Gasteiger charge is -2.23. The van der Waals surface area contributed by atoms with E-state index in [2.05, 4.69) is 4.98 Å². The highest BCUT2D eigenvalue weighted by atomic mass is 16.5. The Morgan fingerprint density at radius 3 is 1.93 bits per heavy atom. The predicted octanol–water partition coefficient (Wildman–Crippen LogP) is 3.33. The van der Waals surface area contributed by atoms with Gasteiger partial charge in [-0.05, 0) is 53.6 Å². The van der Waals surface area contributed by atoms with Gasteiger partial charge >= 0.3 is 0 Å². The molecule has 0 fully saturated rings. The monoisotopic (exact) mass is 367 g/mol. The fraction of sp³-hybridized carbons (Fsp3) is 0.286. The lowest BCUT2D eigenvalue weighted by atomic mass is 9.86. The molecular weight excluding hydrogens is 346 g/mol. The Kier molecular flexibility index (Phi) is 4.18. The maximum absolute atomic E-state index is 12.8. The normalized spacial score (nSPS) is 12.3. The second kappa shape index (κ2) is 6.54. The van der Waals surface area contributed by atoms with Crippen LogP contribution in [0.4, 0.5) is 0 Å². The Morgan fingerprint density at radius 1 is 0.741 bits per heavy atom. The van der Waals surface area contributed by atoms with Crippen LogP contribution >= 0.6 is 0 Å². The molecule has 1 aromatic heterocycles. The number of H-pyrrole nitrogens is 1. The van der Waals surface area contributed by atoms with Crippen molar-refractivity contribution in [1.29, 1.82) is 0 Å². The average Bonchev–Trinajstić information content (AvgIpc) is 2.71. The van der Waals surface area contributed by atoms with Crippen LogP contribution in [0.15, 0.2) is 29.1 Å². The van der Waals surface area contributed by atoms with Crippen molar-refractivity contribution in [2.45, 2.75) is 12.8 Å². The van der Waals surface area contributed by atoms with E-state index in [1.807, 2.05) is 18.2 Å². The van der Waals surface area contributed by atoms with Gasteiger partial charge in [-0.25, -0.2) is 0 Å². The van der Waals surface area contributed by atoms with Gasteiger partial charge in [-0.15, -0.1) is 0 Å². The van der Waals surface area contributed by atoms with Crippen molar-refractivity contribution in [3.05, 3.63) is 45.7 Å². The van der Waals surface area contributed by atoms with Gasteiger partial charge in [0.2, 0.25) is 0 Å². The molecule has 0 unspecified atom stereocenters. The average molecular weight is 367 g/mol. The third kappa shape index (κ3) is 2.60. The molecule has 0 saturated heterocycles. The van der Waals surface area contributed by atoms with Crippen LogP contribution in [0.3, 0.4) is 0 Å². The molecule has 0 radical (unpaired) electrons. The van der Waals surface area contributed by atoms with Crippen molar-refractivity contribution in [3.63, 3.8) is 0 Å². The number of rotatable bonds is 4. The van der Waals surface area contributed by atoms with Crippen LogP contribution in [-0.4, -0.2) is 33.4 Å². The molecule has 0 bridgehead atoms. The molecule has 0 atom stereocenters. The van der Waals surface area contributed by atoms with Gasteiger partial charge in [-0.3, -0.25) is 4.79 Å². The quantitative estimate of drug-likeness (QED) is 0.766. The predicted molar refractivity (Wildman–Crippen MR) is 104 cm³/mol. The molecule has 3 aromatic rings. The fourth-order valence-electron chi connectivity index (χ4n) is 3.82. The van der Waals surface area contributed by atoms with Crippen LogP contribution < -0.4 is 24.5 Å². The Balaban J connectivity index is 2.03. The second-order valence-corrected chi connectivity index (χ2v) is 6.42. The lowest BCUT2D eigenvalue weighted by Crippen LogP contribution is -2.15. The summed E-state index contributed by atoms with van der Waals surface area (Å²) >= 11 is 0. The summed E-state index contributed by atoms with van der Waals surface area (Å²) in [4.78, 5) is 15.9. The van der Waals surface area contributed by atoms with E-state index >= 15 is 0 Å². The minimum atomic E-state index is -0.160. The topological polar surface area (TPSA) is 69.8 Å². The number of hydrogen-bond acceptors (Lipinski definition) is 5. The zero-order chi connectivity index (χ0) is 19.1. The molecule has 6 nitrogen and oxygen atoms in total. The summed E-state index contributed by atoms with van der Waals surface area (Å²) in [7, 11) is 6.38. The zero-order valence-corrected chi connectivity index (χ0v) is 15.8. The summed E-state index contributed by atoms with van der Waals surface area (Å²) in [5.41, 5.74) is 3.83. The van der Waals surface area contributed by atoms with Crippen molar-refractivity contribution in [2.75, 3.05) is 28.4 Å². The summed E-state index contributed by atoms with van der Waals surface area (Å²) in [5.74, 6) is 2.47. The van der Waals surface area contributed by atoms with Gasteiger partial charge in [-0.2, -0.15) is 0 Å². The van der Waals surface area contributed by atoms with Crippen molar-refractivity contribution in [1.82, 2.24) is 4.98 Å². The van der Waals surface area contributed by atoms with Crippen LogP contribution in [0.2, 0.25) is 0 Å². The van der Waals surface area contributed by atoms with Crippen molar-refractivity contribution in [2.24, 2.45) is 0 Å². The number of nitrogens with one attached hydrogen (secondary N) is 1. The third-order valence-electron chi connectivity index (χ3n) is 5.16. The molecule has 0 amide bonds. The molecule has 27 heavy (non-hydrogen) atoms. The lowest BCUT2D eigenvalue weighted by molar-refractivity contribution is 0.354. The highest BCUT2D eigenvalue weighted by Gasteiger charge is 2.24. The standard InChI is InChI=1S/C21H21NO5/c1-24-16-7-11-5-6-12-14-9-18(26-3)19(27-4)10-15(14)21(23)22-20(12)13(11)8-17(16)25-2/h7-10H,5-6H2,1-4H3,(H,22,23). The van der Waals surface area contributed by atoms with Gasteiger partial charge in [0.1, 0.15) is 0 Å². The van der Waals surface area contributed by atoms with Gasteiger partial charge in [0.25, 0.3) is 5.56 Å². The van der Waals surface area contributed by atoms with Crippen LogP contribution in [0.1, 0.15) is 11.1 Å². The number of benzene rings is 2. The number of aromatic amines is 1. The Labute approximate surface area is 156 Å². The third-order valence-corrected chi connectivity index (χ3v) is 5.16. The summed E-state index contributed by atoms with van der Waals surface area (Å²) in [6, 6.07) is 7.52. The van der Waals surface area contributed by atoms with E-state index in [0.29, 0.717) is 28.4 Å². The number of fused-ring (bicyclic) bond motifs is 5. The number of aryl methyl sites for hydroxylation is 2. The number of methoxy groups -OCH3 is 4.